The maximum absolute atomic E-state index is 13.0. The predicted octanol–water partition coefficient (Wildman–Crippen LogP) is 1.80. The lowest BCUT2D eigenvalue weighted by Crippen LogP contribution is -2.51. The van der Waals surface area contributed by atoms with E-state index in [0.29, 0.717) is 85.4 Å². The highest BCUT2D eigenvalue weighted by Crippen LogP contribution is 2.24. The number of fused-ring (bicyclic) bond motifs is 2. The first-order valence-electron chi connectivity index (χ1n) is 15.0. The van der Waals surface area contributed by atoms with Gasteiger partial charge in [0.25, 0.3) is 11.8 Å². The summed E-state index contributed by atoms with van der Waals surface area (Å²) in [5, 5.41) is 16.5. The normalized spacial score (nSPS) is 15.4. The molecule has 2 saturated heterocycles. The number of hydrogen-bond donors (Lipinski definition) is 4. The largest absolute Gasteiger partial charge is 0.451 e. The molecular formula is C32H34N8O6. The number of piperazine rings is 2. The Morgan fingerprint density at radius 2 is 0.913 bits per heavy atom. The second kappa shape index (κ2) is 12.4. The minimum atomic E-state index is -0.275. The number of benzene rings is 2. The van der Waals surface area contributed by atoms with Gasteiger partial charge in [-0.2, -0.15) is 0 Å². The number of carbonyl (C=O) groups excluding carboxylic acids is 4. The van der Waals surface area contributed by atoms with E-state index in [9.17, 15) is 19.2 Å². The molecule has 14 nitrogen and oxygen atoms in total. The van der Waals surface area contributed by atoms with Crippen LogP contribution in [0.25, 0.3) is 21.9 Å². The minimum Gasteiger partial charge on any atom is -0.451 e. The Morgan fingerprint density at radius 3 is 1.26 bits per heavy atom. The molecule has 0 saturated carbocycles. The Kier molecular flexibility index (Phi) is 8.17. The second-order valence-corrected chi connectivity index (χ2v) is 11.4. The number of rotatable bonds is 7. The van der Waals surface area contributed by atoms with Crippen molar-refractivity contribution in [2.45, 2.75) is 12.8 Å². The van der Waals surface area contributed by atoms with Crippen molar-refractivity contribution in [2.75, 3.05) is 52.4 Å². The standard InChI is InChI=1S/C32H34N8O6/c33-29(34)19-1-3-23-21(15-19)17-25(45-23)31(43)39-11-7-37(8-12-39)27(41)5-6-28(42)38-9-13-40(14-10-38)32(44)26-18-22-16-20(30(35)36)2-4-24(22)46-26/h1-4,15-18H,5-14H2,(H3,33,34)(H3,35,36). The van der Waals surface area contributed by atoms with Crippen LogP contribution in [0.5, 0.6) is 0 Å². The molecule has 4 heterocycles. The van der Waals surface area contributed by atoms with E-state index in [1.165, 1.54) is 0 Å². The molecule has 0 unspecified atom stereocenters. The Hall–Kier alpha value is -5.66. The first-order chi connectivity index (χ1) is 22.1. The summed E-state index contributed by atoms with van der Waals surface area (Å²) in [7, 11) is 0. The van der Waals surface area contributed by atoms with Gasteiger partial charge in [0.05, 0.1) is 0 Å². The van der Waals surface area contributed by atoms with E-state index in [2.05, 4.69) is 0 Å². The monoisotopic (exact) mass is 626 g/mol. The van der Waals surface area contributed by atoms with Gasteiger partial charge in [0.1, 0.15) is 22.8 Å². The number of furan rings is 2. The Bertz CT molecular complexity index is 1740. The summed E-state index contributed by atoms with van der Waals surface area (Å²) < 4.78 is 11.4. The van der Waals surface area contributed by atoms with Crippen molar-refractivity contribution in [3.63, 3.8) is 0 Å². The number of carbonyl (C=O) groups is 4. The van der Waals surface area contributed by atoms with Gasteiger partial charge < -0.3 is 39.9 Å². The zero-order valence-corrected chi connectivity index (χ0v) is 25.1. The van der Waals surface area contributed by atoms with E-state index in [1.54, 1.807) is 68.1 Å². The van der Waals surface area contributed by atoms with Gasteiger partial charge in [0.2, 0.25) is 11.8 Å². The first kappa shape index (κ1) is 30.4. The average Bonchev–Trinajstić information content (AvgIpc) is 3.70. The Morgan fingerprint density at radius 1 is 0.565 bits per heavy atom. The predicted molar refractivity (Wildman–Crippen MR) is 169 cm³/mol. The van der Waals surface area contributed by atoms with Crippen LogP contribution in [0.4, 0.5) is 0 Å². The van der Waals surface area contributed by atoms with Crippen molar-refractivity contribution in [1.29, 1.82) is 10.8 Å². The van der Waals surface area contributed by atoms with E-state index in [0.717, 1.165) is 0 Å². The fraction of sp³-hybridized carbons (Fsp3) is 0.312. The molecule has 2 aliphatic rings. The molecule has 2 aliphatic heterocycles. The molecule has 6 rings (SSSR count). The third-order valence-corrected chi connectivity index (χ3v) is 8.47. The lowest BCUT2D eigenvalue weighted by Gasteiger charge is -2.35. The highest BCUT2D eigenvalue weighted by molar-refractivity contribution is 6.02. The van der Waals surface area contributed by atoms with E-state index >= 15 is 0 Å². The van der Waals surface area contributed by atoms with Gasteiger partial charge in [-0.15, -0.1) is 0 Å². The van der Waals surface area contributed by atoms with Crippen LogP contribution in [0.15, 0.2) is 57.4 Å². The average molecular weight is 627 g/mol. The van der Waals surface area contributed by atoms with Crippen molar-refractivity contribution >= 4 is 57.2 Å². The van der Waals surface area contributed by atoms with Gasteiger partial charge in [-0.05, 0) is 48.5 Å². The third-order valence-electron chi connectivity index (χ3n) is 8.47. The summed E-state index contributed by atoms with van der Waals surface area (Å²) in [6, 6.07) is 13.3. The molecule has 14 heteroatoms. The Balaban J connectivity index is 0.944. The first-order valence-corrected chi connectivity index (χ1v) is 15.0. The van der Waals surface area contributed by atoms with Crippen molar-refractivity contribution < 1.29 is 28.0 Å². The van der Waals surface area contributed by atoms with Crippen molar-refractivity contribution in [2.24, 2.45) is 11.5 Å². The zero-order valence-electron chi connectivity index (χ0n) is 25.1. The van der Waals surface area contributed by atoms with E-state index in [-0.39, 0.29) is 59.7 Å². The molecular weight excluding hydrogens is 592 g/mol. The van der Waals surface area contributed by atoms with Crippen LogP contribution in [0, 0.1) is 10.8 Å². The van der Waals surface area contributed by atoms with E-state index in [4.69, 9.17) is 31.1 Å². The fourth-order valence-electron chi connectivity index (χ4n) is 5.79. The molecule has 0 bridgehead atoms. The van der Waals surface area contributed by atoms with Gasteiger partial charge in [0.15, 0.2) is 11.5 Å². The molecule has 0 radical (unpaired) electrons. The number of nitrogens with zero attached hydrogens (tertiary/aromatic N) is 4. The molecule has 46 heavy (non-hydrogen) atoms. The highest BCUT2D eigenvalue weighted by atomic mass is 16.4. The molecule has 2 fully saturated rings. The van der Waals surface area contributed by atoms with Gasteiger partial charge in [-0.1, -0.05) is 0 Å². The number of nitrogens with one attached hydrogen (secondary N) is 2. The summed E-state index contributed by atoms with van der Waals surface area (Å²) in [6.07, 6.45) is 0.129. The van der Waals surface area contributed by atoms with Crippen LogP contribution >= 0.6 is 0 Å². The van der Waals surface area contributed by atoms with Crippen LogP contribution < -0.4 is 11.5 Å². The molecule has 6 N–H and O–H groups in total. The summed E-state index contributed by atoms with van der Waals surface area (Å²) >= 11 is 0. The third kappa shape index (κ3) is 6.14. The summed E-state index contributed by atoms with van der Waals surface area (Å²) in [5.41, 5.74) is 13.2. The van der Waals surface area contributed by atoms with E-state index < -0.39 is 0 Å². The van der Waals surface area contributed by atoms with Crippen LogP contribution in [-0.2, 0) is 9.59 Å². The number of amidine groups is 2. The number of nitrogens with two attached hydrogens (primary N) is 2. The smallest absolute Gasteiger partial charge is 0.289 e. The van der Waals surface area contributed by atoms with Crippen molar-refractivity contribution in [3.05, 3.63) is 71.2 Å². The molecule has 4 aromatic rings. The van der Waals surface area contributed by atoms with Crippen molar-refractivity contribution in [3.8, 4) is 0 Å². The van der Waals surface area contributed by atoms with Gasteiger partial charge >= 0.3 is 0 Å². The maximum atomic E-state index is 13.0. The minimum absolute atomic E-state index is 0.0647. The number of nitrogen functional groups attached to an aromatic ring is 2. The van der Waals surface area contributed by atoms with Crippen LogP contribution in [-0.4, -0.2) is 107 Å². The zero-order chi connectivity index (χ0) is 32.5. The van der Waals surface area contributed by atoms with Crippen molar-refractivity contribution in [1.82, 2.24) is 19.6 Å². The molecule has 238 valence electrons. The molecule has 2 aromatic heterocycles. The molecule has 0 aliphatic carbocycles. The summed E-state index contributed by atoms with van der Waals surface area (Å²) in [4.78, 5) is 58.5. The molecule has 0 atom stereocenters. The molecule has 0 spiro atoms. The SMILES string of the molecule is N=C(N)c1ccc2oc(C(=O)N3CCN(C(=O)CCC(=O)N4CCN(C(=O)c5cc6cc(C(=N)N)ccc6o5)CC4)CC3)cc2c1. The van der Waals surface area contributed by atoms with E-state index in [1.807, 2.05) is 0 Å². The molecule has 4 amide bonds. The highest BCUT2D eigenvalue weighted by Gasteiger charge is 2.29. The van der Waals surface area contributed by atoms with Crippen LogP contribution in [0.1, 0.15) is 45.1 Å². The van der Waals surface area contributed by atoms with Gasteiger partial charge in [0, 0.05) is 87.1 Å². The van der Waals surface area contributed by atoms with Gasteiger partial charge in [-0.3, -0.25) is 30.0 Å². The second-order valence-electron chi connectivity index (χ2n) is 11.4. The number of hydrogen-bond acceptors (Lipinski definition) is 8. The summed E-state index contributed by atoms with van der Waals surface area (Å²) in [6.45, 7) is 2.78. The number of amides is 4. The topological polar surface area (TPSA) is 207 Å². The van der Waals surface area contributed by atoms with Crippen LogP contribution in [0.2, 0.25) is 0 Å². The maximum Gasteiger partial charge on any atom is 0.289 e. The summed E-state index contributed by atoms with van der Waals surface area (Å²) in [5.74, 6) is -0.613. The van der Waals surface area contributed by atoms with Crippen LogP contribution in [0.3, 0.4) is 0 Å². The Labute approximate surface area is 263 Å². The lowest BCUT2D eigenvalue weighted by atomic mass is 10.1. The fourth-order valence-corrected chi connectivity index (χ4v) is 5.79. The molecule has 2 aromatic carbocycles. The quantitative estimate of drug-likeness (QED) is 0.175. The lowest BCUT2D eigenvalue weighted by molar-refractivity contribution is -0.138. The van der Waals surface area contributed by atoms with Gasteiger partial charge in [-0.25, -0.2) is 0 Å².